The van der Waals surface area contributed by atoms with E-state index < -0.39 is 0 Å². The van der Waals surface area contributed by atoms with E-state index in [2.05, 4.69) is 29.4 Å². The van der Waals surface area contributed by atoms with E-state index in [4.69, 9.17) is 4.98 Å². The minimum atomic E-state index is 0.878. The third kappa shape index (κ3) is 4.86. The van der Waals surface area contributed by atoms with Crippen molar-refractivity contribution in [3.05, 3.63) is 16.1 Å². The second kappa shape index (κ2) is 7.98. The predicted molar refractivity (Wildman–Crippen MR) is 82.7 cm³/mol. The Morgan fingerprint density at radius 1 is 1.37 bits per heavy atom. The molecular formula is C15H27N3S. The van der Waals surface area contributed by atoms with E-state index in [1.807, 2.05) is 11.3 Å². The zero-order valence-electron chi connectivity index (χ0n) is 12.3. The Kier molecular flexibility index (Phi) is 6.28. The normalized spacial score (nSPS) is 18.0. The van der Waals surface area contributed by atoms with Crippen molar-refractivity contribution in [1.82, 2.24) is 15.2 Å². The lowest BCUT2D eigenvalue weighted by molar-refractivity contribution is 0.175. The van der Waals surface area contributed by atoms with Crippen molar-refractivity contribution in [3.63, 3.8) is 0 Å². The molecule has 0 atom stereocenters. The van der Waals surface area contributed by atoms with Crippen molar-refractivity contribution in [2.24, 2.45) is 5.92 Å². The molecule has 0 bridgehead atoms. The first-order valence-electron chi connectivity index (χ1n) is 7.68. The van der Waals surface area contributed by atoms with Crippen LogP contribution >= 0.6 is 11.3 Å². The molecule has 1 N–H and O–H groups in total. The van der Waals surface area contributed by atoms with Gasteiger partial charge in [0.1, 0.15) is 5.01 Å². The highest BCUT2D eigenvalue weighted by Gasteiger charge is 2.19. The van der Waals surface area contributed by atoms with Crippen LogP contribution < -0.4 is 5.32 Å². The van der Waals surface area contributed by atoms with Crippen LogP contribution in [0.15, 0.2) is 5.38 Å². The summed E-state index contributed by atoms with van der Waals surface area (Å²) < 4.78 is 0. The van der Waals surface area contributed by atoms with E-state index in [1.165, 1.54) is 49.6 Å². The number of thiazole rings is 1. The molecule has 1 aromatic heterocycles. The zero-order chi connectivity index (χ0) is 13.5. The van der Waals surface area contributed by atoms with Gasteiger partial charge in [-0.3, -0.25) is 4.90 Å². The number of rotatable bonds is 7. The maximum absolute atomic E-state index is 4.73. The molecule has 1 aliphatic heterocycles. The Morgan fingerprint density at radius 3 is 2.84 bits per heavy atom. The standard InChI is InChI=1S/C15H27N3S/c1-3-5-14-12-19-15(17-14)11-18-8-6-13(7-9-18)10-16-4-2/h12-13,16H,3-11H2,1-2H3. The molecule has 2 rings (SSSR count). The second-order valence-electron chi connectivity index (χ2n) is 5.51. The Morgan fingerprint density at radius 2 is 2.16 bits per heavy atom. The van der Waals surface area contributed by atoms with Gasteiger partial charge in [-0.05, 0) is 51.4 Å². The van der Waals surface area contributed by atoms with Gasteiger partial charge in [-0.15, -0.1) is 11.3 Å². The van der Waals surface area contributed by atoms with Gasteiger partial charge < -0.3 is 5.32 Å². The summed E-state index contributed by atoms with van der Waals surface area (Å²) in [6.07, 6.45) is 4.99. The predicted octanol–water partition coefficient (Wildman–Crippen LogP) is 2.92. The molecule has 1 aliphatic rings. The number of aromatic nitrogens is 1. The summed E-state index contributed by atoms with van der Waals surface area (Å²) in [6, 6.07) is 0. The highest BCUT2D eigenvalue weighted by atomic mass is 32.1. The molecular weight excluding hydrogens is 254 g/mol. The summed E-state index contributed by atoms with van der Waals surface area (Å²) >= 11 is 1.83. The van der Waals surface area contributed by atoms with Gasteiger partial charge in [0.25, 0.3) is 0 Å². The van der Waals surface area contributed by atoms with Gasteiger partial charge in [0.2, 0.25) is 0 Å². The van der Waals surface area contributed by atoms with Crippen LogP contribution in [0.5, 0.6) is 0 Å². The number of piperidine rings is 1. The van der Waals surface area contributed by atoms with Crippen molar-refractivity contribution in [2.75, 3.05) is 26.2 Å². The van der Waals surface area contributed by atoms with E-state index in [9.17, 15) is 0 Å². The lowest BCUT2D eigenvalue weighted by Gasteiger charge is -2.31. The maximum Gasteiger partial charge on any atom is 0.107 e. The monoisotopic (exact) mass is 281 g/mol. The van der Waals surface area contributed by atoms with E-state index in [0.717, 1.165) is 25.4 Å². The zero-order valence-corrected chi connectivity index (χ0v) is 13.1. The minimum Gasteiger partial charge on any atom is -0.317 e. The number of hydrogen-bond donors (Lipinski definition) is 1. The lowest BCUT2D eigenvalue weighted by atomic mass is 9.97. The highest BCUT2D eigenvalue weighted by molar-refractivity contribution is 7.09. The molecule has 3 nitrogen and oxygen atoms in total. The van der Waals surface area contributed by atoms with Gasteiger partial charge in [-0.25, -0.2) is 4.98 Å². The van der Waals surface area contributed by atoms with Crippen LogP contribution in [0.4, 0.5) is 0 Å². The Balaban J connectivity index is 1.72. The van der Waals surface area contributed by atoms with Gasteiger partial charge >= 0.3 is 0 Å². The smallest absolute Gasteiger partial charge is 0.107 e. The molecule has 4 heteroatoms. The van der Waals surface area contributed by atoms with Crippen LogP contribution in [0.25, 0.3) is 0 Å². The molecule has 0 unspecified atom stereocenters. The van der Waals surface area contributed by atoms with Crippen molar-refractivity contribution in [3.8, 4) is 0 Å². The topological polar surface area (TPSA) is 28.2 Å². The molecule has 1 saturated heterocycles. The minimum absolute atomic E-state index is 0.878. The van der Waals surface area contributed by atoms with E-state index in [-0.39, 0.29) is 0 Å². The van der Waals surface area contributed by atoms with Crippen LogP contribution in [0.1, 0.15) is 43.8 Å². The number of hydrogen-bond acceptors (Lipinski definition) is 4. The van der Waals surface area contributed by atoms with Gasteiger partial charge in [0.05, 0.1) is 12.2 Å². The Bertz CT molecular complexity index is 356. The van der Waals surface area contributed by atoms with Gasteiger partial charge in [-0.2, -0.15) is 0 Å². The summed E-state index contributed by atoms with van der Waals surface area (Å²) in [5, 5.41) is 7.00. The molecule has 19 heavy (non-hydrogen) atoms. The molecule has 0 spiro atoms. The SMILES string of the molecule is CCCc1csc(CN2CCC(CNCC)CC2)n1. The molecule has 0 amide bonds. The Labute approximate surface area is 121 Å². The molecule has 0 saturated carbocycles. The first-order valence-corrected chi connectivity index (χ1v) is 8.56. The Hall–Kier alpha value is -0.450. The number of nitrogens with one attached hydrogen (secondary N) is 1. The molecule has 1 aromatic rings. The molecule has 1 fully saturated rings. The number of likely N-dealkylation sites (tertiary alicyclic amines) is 1. The van der Waals surface area contributed by atoms with Crippen LogP contribution in [-0.2, 0) is 13.0 Å². The average Bonchev–Trinajstić information content (AvgIpc) is 2.86. The van der Waals surface area contributed by atoms with Crippen molar-refractivity contribution < 1.29 is 0 Å². The van der Waals surface area contributed by atoms with E-state index >= 15 is 0 Å². The average molecular weight is 281 g/mol. The van der Waals surface area contributed by atoms with Crippen molar-refractivity contribution in [1.29, 1.82) is 0 Å². The van der Waals surface area contributed by atoms with Crippen LogP contribution in [0, 0.1) is 5.92 Å². The number of aryl methyl sites for hydroxylation is 1. The highest BCUT2D eigenvalue weighted by Crippen LogP contribution is 2.20. The summed E-state index contributed by atoms with van der Waals surface area (Å²) in [7, 11) is 0. The molecule has 2 heterocycles. The van der Waals surface area contributed by atoms with Gasteiger partial charge in [-0.1, -0.05) is 20.3 Å². The van der Waals surface area contributed by atoms with Crippen LogP contribution in [-0.4, -0.2) is 36.1 Å². The van der Waals surface area contributed by atoms with Crippen LogP contribution in [0.3, 0.4) is 0 Å². The summed E-state index contributed by atoms with van der Waals surface area (Å²) in [6.45, 7) is 10.2. The van der Waals surface area contributed by atoms with Crippen LogP contribution in [0.2, 0.25) is 0 Å². The lowest BCUT2D eigenvalue weighted by Crippen LogP contribution is -2.36. The molecule has 0 aliphatic carbocycles. The number of nitrogens with zero attached hydrogens (tertiary/aromatic N) is 2. The fourth-order valence-electron chi connectivity index (χ4n) is 2.68. The second-order valence-corrected chi connectivity index (χ2v) is 6.45. The van der Waals surface area contributed by atoms with Gasteiger partial charge in [0.15, 0.2) is 0 Å². The molecule has 108 valence electrons. The quantitative estimate of drug-likeness (QED) is 0.833. The molecule has 0 radical (unpaired) electrons. The van der Waals surface area contributed by atoms with Crippen molar-refractivity contribution >= 4 is 11.3 Å². The fourth-order valence-corrected chi connectivity index (χ4v) is 3.55. The summed E-state index contributed by atoms with van der Waals surface area (Å²) in [4.78, 5) is 7.29. The summed E-state index contributed by atoms with van der Waals surface area (Å²) in [5.74, 6) is 0.878. The fraction of sp³-hybridized carbons (Fsp3) is 0.800. The third-order valence-corrected chi connectivity index (χ3v) is 4.74. The largest absolute Gasteiger partial charge is 0.317 e. The first-order chi connectivity index (χ1) is 9.31. The van der Waals surface area contributed by atoms with Gasteiger partial charge in [0, 0.05) is 5.38 Å². The van der Waals surface area contributed by atoms with E-state index in [1.54, 1.807) is 0 Å². The summed E-state index contributed by atoms with van der Waals surface area (Å²) in [5.41, 5.74) is 1.28. The first kappa shape index (κ1) is 14.9. The maximum atomic E-state index is 4.73. The molecule has 0 aromatic carbocycles. The van der Waals surface area contributed by atoms with E-state index in [0.29, 0.717) is 0 Å². The third-order valence-electron chi connectivity index (χ3n) is 3.85. The van der Waals surface area contributed by atoms with Crippen molar-refractivity contribution in [2.45, 2.75) is 46.1 Å².